The van der Waals surface area contributed by atoms with Crippen molar-refractivity contribution in [1.82, 2.24) is 10.2 Å². The van der Waals surface area contributed by atoms with Crippen molar-refractivity contribution in [3.63, 3.8) is 0 Å². The standard InChI is InChI=1S/C30H36ClN3O4S/c1-21(2)18-32-30(36)24(5)33(19-25-12-14-26(31)15-13-25)29(35)20-34(27-16-11-22(3)23(4)17-27)39(37,38)28-9-7-6-8-10-28/h6-17,21,24H,18-20H2,1-5H3,(H,32,36). The highest BCUT2D eigenvalue weighted by atomic mass is 35.5. The third kappa shape index (κ3) is 7.83. The summed E-state index contributed by atoms with van der Waals surface area (Å²) < 4.78 is 28.8. The van der Waals surface area contributed by atoms with Crippen LogP contribution in [0.2, 0.25) is 5.02 Å². The van der Waals surface area contributed by atoms with Gasteiger partial charge in [0.2, 0.25) is 11.8 Å². The van der Waals surface area contributed by atoms with E-state index < -0.39 is 28.5 Å². The molecule has 1 atom stereocenters. The Bertz CT molecular complexity index is 1390. The second-order valence-electron chi connectivity index (χ2n) is 10.1. The molecule has 2 amide bonds. The number of hydrogen-bond acceptors (Lipinski definition) is 4. The van der Waals surface area contributed by atoms with Gasteiger partial charge in [-0.15, -0.1) is 0 Å². The highest BCUT2D eigenvalue weighted by Crippen LogP contribution is 2.26. The number of nitrogens with zero attached hydrogens (tertiary/aromatic N) is 2. The molecule has 0 saturated heterocycles. The highest BCUT2D eigenvalue weighted by Gasteiger charge is 2.32. The number of carbonyl (C=O) groups is 2. The van der Waals surface area contributed by atoms with Crippen LogP contribution in [0, 0.1) is 19.8 Å². The summed E-state index contributed by atoms with van der Waals surface area (Å²) in [6, 6.07) is 19.4. The molecule has 0 aliphatic rings. The van der Waals surface area contributed by atoms with Crippen LogP contribution in [-0.2, 0) is 26.2 Å². The number of halogens is 1. The minimum Gasteiger partial charge on any atom is -0.354 e. The third-order valence-corrected chi connectivity index (χ3v) is 8.55. The van der Waals surface area contributed by atoms with Crippen molar-refractivity contribution < 1.29 is 18.0 Å². The smallest absolute Gasteiger partial charge is 0.264 e. The molecule has 0 bridgehead atoms. The molecular formula is C30H36ClN3O4S. The number of sulfonamides is 1. The van der Waals surface area contributed by atoms with E-state index in [1.807, 2.05) is 33.8 Å². The van der Waals surface area contributed by atoms with Crippen LogP contribution in [0.3, 0.4) is 0 Å². The minimum absolute atomic E-state index is 0.0722. The van der Waals surface area contributed by atoms with E-state index in [4.69, 9.17) is 11.6 Å². The van der Waals surface area contributed by atoms with Crippen molar-refractivity contribution >= 4 is 39.1 Å². The van der Waals surface area contributed by atoms with Gasteiger partial charge in [0.15, 0.2) is 0 Å². The second kappa shape index (κ2) is 13.1. The zero-order valence-electron chi connectivity index (χ0n) is 23.0. The van der Waals surface area contributed by atoms with Gasteiger partial charge in [0, 0.05) is 18.1 Å². The van der Waals surface area contributed by atoms with Gasteiger partial charge in [-0.05, 0) is 79.8 Å². The van der Waals surface area contributed by atoms with Crippen LogP contribution in [0.1, 0.15) is 37.5 Å². The first kappa shape index (κ1) is 30.2. The van der Waals surface area contributed by atoms with Gasteiger partial charge in [-0.25, -0.2) is 8.42 Å². The third-order valence-electron chi connectivity index (χ3n) is 6.51. The summed E-state index contributed by atoms with van der Waals surface area (Å²) in [7, 11) is -4.09. The fourth-order valence-corrected chi connectivity index (χ4v) is 5.50. The second-order valence-corrected chi connectivity index (χ2v) is 12.4. The van der Waals surface area contributed by atoms with Crippen LogP contribution in [0.4, 0.5) is 5.69 Å². The molecule has 3 aromatic rings. The lowest BCUT2D eigenvalue weighted by atomic mass is 10.1. The fourth-order valence-electron chi connectivity index (χ4n) is 3.95. The van der Waals surface area contributed by atoms with Gasteiger partial charge in [0.25, 0.3) is 10.0 Å². The molecule has 9 heteroatoms. The highest BCUT2D eigenvalue weighted by molar-refractivity contribution is 7.92. The van der Waals surface area contributed by atoms with Gasteiger partial charge >= 0.3 is 0 Å². The Labute approximate surface area is 236 Å². The normalized spacial score (nSPS) is 12.2. The van der Waals surface area contributed by atoms with Gasteiger partial charge < -0.3 is 10.2 Å². The van der Waals surface area contributed by atoms with Crippen LogP contribution in [0.25, 0.3) is 0 Å². The molecule has 0 fully saturated rings. The zero-order chi connectivity index (χ0) is 28.7. The molecule has 208 valence electrons. The largest absolute Gasteiger partial charge is 0.354 e. The van der Waals surface area contributed by atoms with Gasteiger partial charge in [-0.1, -0.05) is 61.8 Å². The first-order valence-electron chi connectivity index (χ1n) is 12.9. The minimum atomic E-state index is -4.09. The van der Waals surface area contributed by atoms with Crippen molar-refractivity contribution in [1.29, 1.82) is 0 Å². The lowest BCUT2D eigenvalue weighted by molar-refractivity contribution is -0.139. The van der Waals surface area contributed by atoms with Crippen LogP contribution in [-0.4, -0.2) is 44.3 Å². The fraction of sp³-hybridized carbons (Fsp3) is 0.333. The molecule has 0 heterocycles. The summed E-state index contributed by atoms with van der Waals surface area (Å²) >= 11 is 6.05. The average Bonchev–Trinajstić information content (AvgIpc) is 2.91. The molecule has 0 spiro atoms. The summed E-state index contributed by atoms with van der Waals surface area (Å²) in [4.78, 5) is 28.4. The van der Waals surface area contributed by atoms with Gasteiger partial charge in [-0.3, -0.25) is 13.9 Å². The molecule has 0 aromatic heterocycles. The molecule has 1 unspecified atom stereocenters. The molecular weight excluding hydrogens is 534 g/mol. The first-order valence-corrected chi connectivity index (χ1v) is 14.7. The summed E-state index contributed by atoms with van der Waals surface area (Å²) in [6.07, 6.45) is 0. The van der Waals surface area contributed by atoms with Crippen molar-refractivity contribution in [3.05, 3.63) is 94.5 Å². The average molecular weight is 570 g/mol. The Balaban J connectivity index is 2.02. The summed E-state index contributed by atoms with van der Waals surface area (Å²) in [5.41, 5.74) is 3.04. The molecule has 7 nitrogen and oxygen atoms in total. The van der Waals surface area contributed by atoms with E-state index >= 15 is 0 Å². The van der Waals surface area contributed by atoms with E-state index in [2.05, 4.69) is 5.32 Å². The van der Waals surface area contributed by atoms with E-state index in [9.17, 15) is 18.0 Å². The number of amides is 2. The Hall–Kier alpha value is -3.36. The predicted octanol–water partition coefficient (Wildman–Crippen LogP) is 5.34. The number of anilines is 1. The Morgan fingerprint density at radius 3 is 2.13 bits per heavy atom. The Kier molecular flexibility index (Phi) is 10.2. The van der Waals surface area contributed by atoms with Crippen LogP contribution >= 0.6 is 11.6 Å². The number of hydrogen-bond donors (Lipinski definition) is 1. The molecule has 0 radical (unpaired) electrons. The SMILES string of the molecule is Cc1ccc(N(CC(=O)N(Cc2ccc(Cl)cc2)C(C)C(=O)NCC(C)C)S(=O)(=O)c2ccccc2)cc1C. The van der Waals surface area contributed by atoms with Crippen LogP contribution in [0.15, 0.2) is 77.7 Å². The topological polar surface area (TPSA) is 86.8 Å². The number of benzene rings is 3. The summed E-state index contributed by atoms with van der Waals surface area (Å²) in [5, 5.41) is 3.43. The summed E-state index contributed by atoms with van der Waals surface area (Å²) in [6.45, 7) is 9.54. The van der Waals surface area contributed by atoms with E-state index in [1.54, 1.807) is 61.5 Å². The molecule has 3 rings (SSSR count). The van der Waals surface area contributed by atoms with Crippen molar-refractivity contribution in [3.8, 4) is 0 Å². The molecule has 39 heavy (non-hydrogen) atoms. The molecule has 0 saturated carbocycles. The Morgan fingerprint density at radius 2 is 1.54 bits per heavy atom. The van der Waals surface area contributed by atoms with Crippen molar-refractivity contribution in [2.75, 3.05) is 17.4 Å². The number of aryl methyl sites for hydroxylation is 2. The monoisotopic (exact) mass is 569 g/mol. The van der Waals surface area contributed by atoms with Crippen molar-refractivity contribution in [2.24, 2.45) is 5.92 Å². The molecule has 3 aromatic carbocycles. The number of carbonyl (C=O) groups excluding carboxylic acids is 2. The van der Waals surface area contributed by atoms with Gasteiger partial charge in [0.1, 0.15) is 12.6 Å². The maximum atomic E-state index is 13.9. The van der Waals surface area contributed by atoms with Crippen LogP contribution in [0.5, 0.6) is 0 Å². The maximum Gasteiger partial charge on any atom is 0.264 e. The predicted molar refractivity (Wildman–Crippen MR) is 156 cm³/mol. The number of rotatable bonds is 11. The maximum absolute atomic E-state index is 13.9. The molecule has 1 N–H and O–H groups in total. The molecule has 0 aliphatic carbocycles. The lowest BCUT2D eigenvalue weighted by Crippen LogP contribution is -2.51. The van der Waals surface area contributed by atoms with Gasteiger partial charge in [0.05, 0.1) is 10.6 Å². The summed E-state index contributed by atoms with van der Waals surface area (Å²) in [5.74, 6) is -0.581. The zero-order valence-corrected chi connectivity index (χ0v) is 24.6. The van der Waals surface area contributed by atoms with Crippen molar-refractivity contribution in [2.45, 2.75) is 52.1 Å². The first-order chi connectivity index (χ1) is 18.4. The number of nitrogens with one attached hydrogen (secondary N) is 1. The van der Waals surface area contributed by atoms with E-state index in [0.29, 0.717) is 17.3 Å². The van der Waals surface area contributed by atoms with E-state index in [-0.39, 0.29) is 23.3 Å². The Morgan fingerprint density at radius 1 is 0.897 bits per heavy atom. The van der Waals surface area contributed by atoms with Crippen LogP contribution < -0.4 is 9.62 Å². The van der Waals surface area contributed by atoms with Gasteiger partial charge in [-0.2, -0.15) is 0 Å². The quantitative estimate of drug-likeness (QED) is 0.338. The van der Waals surface area contributed by atoms with E-state index in [0.717, 1.165) is 21.0 Å². The molecule has 0 aliphatic heterocycles. The van der Waals surface area contributed by atoms with E-state index in [1.165, 1.54) is 17.0 Å². The lowest BCUT2D eigenvalue weighted by Gasteiger charge is -2.32.